The number of benzene rings is 1. The standard InChI is InChI=1S/C20H32N4O2/c1-4-16(3)17-6-8-18(9-7-17)22-19(25)15-23-10-12-24(13-11-23)20(26)14-21-5-2/h6-9,16,21H,4-5,10-15H2,1-3H3,(H,22,25). The average Bonchev–Trinajstić information content (AvgIpc) is 2.66. The van der Waals surface area contributed by atoms with Crippen molar-refractivity contribution in [2.45, 2.75) is 33.1 Å². The Balaban J connectivity index is 1.74. The molecule has 26 heavy (non-hydrogen) atoms. The molecule has 1 heterocycles. The molecule has 2 rings (SSSR count). The van der Waals surface area contributed by atoms with Crippen molar-refractivity contribution >= 4 is 17.5 Å². The van der Waals surface area contributed by atoms with Gasteiger partial charge in [0.15, 0.2) is 0 Å². The molecule has 0 spiro atoms. The topological polar surface area (TPSA) is 64.7 Å². The maximum absolute atomic E-state index is 12.3. The quantitative estimate of drug-likeness (QED) is 0.743. The van der Waals surface area contributed by atoms with Gasteiger partial charge in [-0.2, -0.15) is 0 Å². The summed E-state index contributed by atoms with van der Waals surface area (Å²) in [6, 6.07) is 8.10. The summed E-state index contributed by atoms with van der Waals surface area (Å²) in [7, 11) is 0. The molecule has 6 heteroatoms. The first-order valence-electron chi connectivity index (χ1n) is 9.64. The lowest BCUT2D eigenvalue weighted by atomic mass is 9.99. The Kier molecular flexibility index (Phi) is 8.06. The van der Waals surface area contributed by atoms with Crippen LogP contribution in [0.5, 0.6) is 0 Å². The predicted molar refractivity (Wildman–Crippen MR) is 105 cm³/mol. The number of nitrogens with one attached hydrogen (secondary N) is 2. The van der Waals surface area contributed by atoms with Gasteiger partial charge in [0, 0.05) is 31.9 Å². The van der Waals surface area contributed by atoms with Gasteiger partial charge in [0.25, 0.3) is 0 Å². The lowest BCUT2D eigenvalue weighted by Crippen LogP contribution is -2.52. The maximum Gasteiger partial charge on any atom is 0.238 e. The molecule has 0 aliphatic carbocycles. The van der Waals surface area contributed by atoms with Gasteiger partial charge in [0.1, 0.15) is 0 Å². The molecular weight excluding hydrogens is 328 g/mol. The number of piperazine rings is 1. The molecule has 1 fully saturated rings. The second kappa shape index (κ2) is 10.3. The van der Waals surface area contributed by atoms with Crippen LogP contribution in [0.15, 0.2) is 24.3 Å². The van der Waals surface area contributed by atoms with E-state index in [1.54, 1.807) is 0 Å². The summed E-state index contributed by atoms with van der Waals surface area (Å²) in [4.78, 5) is 28.2. The highest BCUT2D eigenvalue weighted by molar-refractivity contribution is 5.92. The third-order valence-corrected chi connectivity index (χ3v) is 4.99. The summed E-state index contributed by atoms with van der Waals surface area (Å²) in [5.74, 6) is 0.664. The molecule has 0 aromatic heterocycles. The molecule has 1 aromatic carbocycles. The Hall–Kier alpha value is -1.92. The number of carbonyl (C=O) groups is 2. The van der Waals surface area contributed by atoms with Crippen LogP contribution in [0.3, 0.4) is 0 Å². The van der Waals surface area contributed by atoms with Gasteiger partial charge in [-0.3, -0.25) is 14.5 Å². The zero-order valence-electron chi connectivity index (χ0n) is 16.3. The van der Waals surface area contributed by atoms with E-state index in [0.717, 1.165) is 31.7 Å². The molecule has 144 valence electrons. The third-order valence-electron chi connectivity index (χ3n) is 4.99. The summed E-state index contributed by atoms with van der Waals surface area (Å²) in [5, 5.41) is 6.03. The molecule has 0 bridgehead atoms. The van der Waals surface area contributed by atoms with Crippen LogP contribution < -0.4 is 10.6 Å². The normalized spacial score (nSPS) is 16.3. The molecule has 1 aliphatic rings. The zero-order valence-corrected chi connectivity index (χ0v) is 16.3. The minimum absolute atomic E-state index is 0.00582. The van der Waals surface area contributed by atoms with Crippen LogP contribution in [0.1, 0.15) is 38.7 Å². The number of likely N-dealkylation sites (N-methyl/N-ethyl adjacent to an activating group) is 1. The van der Waals surface area contributed by atoms with Gasteiger partial charge >= 0.3 is 0 Å². The molecule has 0 radical (unpaired) electrons. The minimum atomic E-state index is -0.00582. The molecule has 6 nitrogen and oxygen atoms in total. The van der Waals surface area contributed by atoms with Gasteiger partial charge < -0.3 is 15.5 Å². The van der Waals surface area contributed by atoms with Crippen molar-refractivity contribution < 1.29 is 9.59 Å². The maximum atomic E-state index is 12.3. The highest BCUT2D eigenvalue weighted by Crippen LogP contribution is 2.20. The molecule has 2 N–H and O–H groups in total. The Morgan fingerprint density at radius 1 is 1.08 bits per heavy atom. The van der Waals surface area contributed by atoms with Crippen LogP contribution in [0.4, 0.5) is 5.69 Å². The Morgan fingerprint density at radius 2 is 1.73 bits per heavy atom. The molecule has 1 saturated heterocycles. The minimum Gasteiger partial charge on any atom is -0.339 e. The molecule has 1 aromatic rings. The second-order valence-electron chi connectivity index (χ2n) is 6.92. The van der Waals surface area contributed by atoms with Gasteiger partial charge in [0.05, 0.1) is 13.1 Å². The van der Waals surface area contributed by atoms with Gasteiger partial charge in [0.2, 0.25) is 11.8 Å². The zero-order chi connectivity index (χ0) is 18.9. The molecule has 0 saturated carbocycles. The van der Waals surface area contributed by atoms with E-state index in [9.17, 15) is 9.59 Å². The summed E-state index contributed by atoms with van der Waals surface area (Å²) in [6.07, 6.45) is 1.11. The van der Waals surface area contributed by atoms with Crippen LogP contribution in [-0.4, -0.2) is 67.4 Å². The van der Waals surface area contributed by atoms with Crippen molar-refractivity contribution in [2.75, 3.05) is 51.1 Å². The summed E-state index contributed by atoms with van der Waals surface area (Å²) < 4.78 is 0. The summed E-state index contributed by atoms with van der Waals surface area (Å²) in [5.41, 5.74) is 2.13. The first-order chi connectivity index (χ1) is 12.5. The van der Waals surface area contributed by atoms with Crippen LogP contribution in [-0.2, 0) is 9.59 Å². The fraction of sp³-hybridized carbons (Fsp3) is 0.600. The smallest absolute Gasteiger partial charge is 0.238 e. The van der Waals surface area contributed by atoms with Crippen LogP contribution in [0.25, 0.3) is 0 Å². The number of hydrogen-bond donors (Lipinski definition) is 2. The van der Waals surface area contributed by atoms with Crippen molar-refractivity contribution in [3.63, 3.8) is 0 Å². The molecule has 1 aliphatic heterocycles. The number of rotatable bonds is 8. The van der Waals surface area contributed by atoms with E-state index in [4.69, 9.17) is 0 Å². The highest BCUT2D eigenvalue weighted by atomic mass is 16.2. The van der Waals surface area contributed by atoms with Gasteiger partial charge in [-0.1, -0.05) is 32.9 Å². The predicted octanol–water partition coefficient (Wildman–Crippen LogP) is 1.89. The number of amides is 2. The average molecular weight is 361 g/mol. The number of anilines is 1. The Bertz CT molecular complexity index is 580. The fourth-order valence-electron chi connectivity index (χ4n) is 3.03. The van der Waals surface area contributed by atoms with E-state index in [1.807, 2.05) is 24.0 Å². The van der Waals surface area contributed by atoms with Crippen molar-refractivity contribution in [3.05, 3.63) is 29.8 Å². The molecule has 2 amide bonds. The monoisotopic (exact) mass is 360 g/mol. The second-order valence-corrected chi connectivity index (χ2v) is 6.92. The van der Waals surface area contributed by atoms with E-state index in [2.05, 4.69) is 41.5 Å². The highest BCUT2D eigenvalue weighted by Gasteiger charge is 2.22. The van der Waals surface area contributed by atoms with Crippen LogP contribution in [0.2, 0.25) is 0 Å². The fourth-order valence-corrected chi connectivity index (χ4v) is 3.03. The van der Waals surface area contributed by atoms with Crippen molar-refractivity contribution in [2.24, 2.45) is 0 Å². The van der Waals surface area contributed by atoms with Crippen LogP contribution >= 0.6 is 0 Å². The van der Waals surface area contributed by atoms with E-state index in [-0.39, 0.29) is 11.8 Å². The lowest BCUT2D eigenvalue weighted by molar-refractivity contribution is -0.132. The van der Waals surface area contributed by atoms with E-state index < -0.39 is 0 Å². The summed E-state index contributed by atoms with van der Waals surface area (Å²) in [6.45, 7) is 10.8. The number of hydrogen-bond acceptors (Lipinski definition) is 4. The largest absolute Gasteiger partial charge is 0.339 e. The van der Waals surface area contributed by atoms with Gasteiger partial charge in [-0.15, -0.1) is 0 Å². The van der Waals surface area contributed by atoms with E-state index >= 15 is 0 Å². The van der Waals surface area contributed by atoms with Crippen LogP contribution in [0, 0.1) is 0 Å². The van der Waals surface area contributed by atoms with Crippen molar-refractivity contribution in [1.29, 1.82) is 0 Å². The first kappa shape index (κ1) is 20.4. The van der Waals surface area contributed by atoms with E-state index in [0.29, 0.717) is 32.1 Å². The van der Waals surface area contributed by atoms with Gasteiger partial charge in [-0.05, 0) is 36.6 Å². The Labute approximate surface area is 156 Å². The number of carbonyl (C=O) groups excluding carboxylic acids is 2. The van der Waals surface area contributed by atoms with Gasteiger partial charge in [-0.25, -0.2) is 0 Å². The van der Waals surface area contributed by atoms with E-state index in [1.165, 1.54) is 5.56 Å². The molecular formula is C20H32N4O2. The first-order valence-corrected chi connectivity index (χ1v) is 9.64. The number of nitrogens with zero attached hydrogens (tertiary/aromatic N) is 2. The SMILES string of the molecule is CCNCC(=O)N1CCN(CC(=O)Nc2ccc(C(C)CC)cc2)CC1. The molecule has 1 atom stereocenters. The summed E-state index contributed by atoms with van der Waals surface area (Å²) >= 11 is 0. The molecule has 1 unspecified atom stereocenters. The van der Waals surface area contributed by atoms with Crippen molar-refractivity contribution in [3.8, 4) is 0 Å². The van der Waals surface area contributed by atoms with Crippen molar-refractivity contribution in [1.82, 2.24) is 15.1 Å². The third kappa shape index (κ3) is 6.11. The Morgan fingerprint density at radius 3 is 2.31 bits per heavy atom. The lowest BCUT2D eigenvalue weighted by Gasteiger charge is -2.34.